The first-order valence-electron chi connectivity index (χ1n) is 23.4. The molecule has 0 saturated carbocycles. The molecular formula is C64H37N3OS. The molecule has 1 spiro atoms. The SMILES string of the molecule is c1ccc(-c2ccc(-c3nc(-c4cccc5c4sc4ccccc45)nc(-c4cccc5oc6ccc(-c7cccc8c7-c7ccccc7C87c8ccccc8-c8ccccc87)cc6c45)n3)cc2)cc1. The van der Waals surface area contributed by atoms with Crippen LogP contribution in [0.1, 0.15) is 22.3 Å². The first-order valence-corrected chi connectivity index (χ1v) is 24.2. The first-order chi connectivity index (χ1) is 34.2. The summed E-state index contributed by atoms with van der Waals surface area (Å²) in [6, 6.07) is 80.8. The van der Waals surface area contributed by atoms with Crippen molar-refractivity contribution in [3.05, 3.63) is 247 Å². The van der Waals surface area contributed by atoms with Gasteiger partial charge in [-0.3, -0.25) is 0 Å². The zero-order valence-corrected chi connectivity index (χ0v) is 37.8. The van der Waals surface area contributed by atoms with Crippen LogP contribution in [-0.4, -0.2) is 15.0 Å². The predicted molar refractivity (Wildman–Crippen MR) is 283 cm³/mol. The maximum absolute atomic E-state index is 6.72. The average Bonchev–Trinajstić information content (AvgIpc) is 4.16. The molecule has 0 atom stereocenters. The monoisotopic (exact) mass is 895 g/mol. The van der Waals surface area contributed by atoms with Gasteiger partial charge in [0.2, 0.25) is 0 Å². The number of aromatic nitrogens is 3. The zero-order valence-electron chi connectivity index (χ0n) is 37.0. The van der Waals surface area contributed by atoms with Crippen LogP contribution in [0.15, 0.2) is 229 Å². The van der Waals surface area contributed by atoms with E-state index >= 15 is 0 Å². The third kappa shape index (κ3) is 5.48. The highest BCUT2D eigenvalue weighted by Crippen LogP contribution is 2.64. The third-order valence-corrected chi connectivity index (χ3v) is 15.8. The van der Waals surface area contributed by atoms with E-state index in [-0.39, 0.29) is 0 Å². The van der Waals surface area contributed by atoms with Crippen molar-refractivity contribution in [3.63, 3.8) is 0 Å². The fraction of sp³-hybridized carbons (Fsp3) is 0.0156. The van der Waals surface area contributed by atoms with Crippen molar-refractivity contribution in [1.29, 1.82) is 0 Å². The first kappa shape index (κ1) is 38.3. The molecule has 5 heteroatoms. The van der Waals surface area contributed by atoms with Gasteiger partial charge in [0.05, 0.1) is 5.41 Å². The highest BCUT2D eigenvalue weighted by molar-refractivity contribution is 7.26. The van der Waals surface area contributed by atoms with E-state index in [2.05, 4.69) is 212 Å². The molecule has 0 N–H and O–H groups in total. The summed E-state index contributed by atoms with van der Waals surface area (Å²) in [5.74, 6) is 1.84. The lowest BCUT2D eigenvalue weighted by atomic mass is 9.70. The molecule has 2 aliphatic carbocycles. The van der Waals surface area contributed by atoms with E-state index in [1.54, 1.807) is 11.3 Å². The number of fused-ring (bicyclic) bond motifs is 16. The molecule has 3 heterocycles. The lowest BCUT2D eigenvalue weighted by Gasteiger charge is -2.30. The summed E-state index contributed by atoms with van der Waals surface area (Å²) < 4.78 is 9.10. The molecule has 69 heavy (non-hydrogen) atoms. The van der Waals surface area contributed by atoms with Gasteiger partial charge in [-0.15, -0.1) is 11.3 Å². The van der Waals surface area contributed by atoms with Crippen LogP contribution in [0.2, 0.25) is 0 Å². The maximum Gasteiger partial charge on any atom is 0.165 e. The molecule has 15 rings (SSSR count). The van der Waals surface area contributed by atoms with Crippen molar-refractivity contribution < 1.29 is 4.42 Å². The van der Waals surface area contributed by atoms with Gasteiger partial charge in [-0.2, -0.15) is 0 Å². The third-order valence-electron chi connectivity index (χ3n) is 14.6. The Morgan fingerprint density at radius 3 is 1.67 bits per heavy atom. The summed E-state index contributed by atoms with van der Waals surface area (Å²) in [6.45, 7) is 0. The van der Waals surface area contributed by atoms with E-state index in [4.69, 9.17) is 19.4 Å². The summed E-state index contributed by atoms with van der Waals surface area (Å²) >= 11 is 1.78. The van der Waals surface area contributed by atoms with Crippen LogP contribution in [0, 0.1) is 0 Å². The van der Waals surface area contributed by atoms with Gasteiger partial charge >= 0.3 is 0 Å². The minimum absolute atomic E-state index is 0.426. The topological polar surface area (TPSA) is 51.8 Å². The molecule has 0 amide bonds. The second-order valence-electron chi connectivity index (χ2n) is 18.1. The molecule has 4 nitrogen and oxygen atoms in total. The second-order valence-corrected chi connectivity index (χ2v) is 19.2. The number of thiophene rings is 1. The van der Waals surface area contributed by atoms with Gasteiger partial charge in [-0.05, 0) is 97.1 Å². The molecule has 0 radical (unpaired) electrons. The number of furan rings is 1. The molecule has 13 aromatic rings. The Labute approximate surface area is 401 Å². The summed E-state index contributed by atoms with van der Waals surface area (Å²) in [6.07, 6.45) is 0. The number of rotatable bonds is 5. The smallest absolute Gasteiger partial charge is 0.165 e. The molecule has 0 fully saturated rings. The van der Waals surface area contributed by atoms with Crippen molar-refractivity contribution in [3.8, 4) is 78.7 Å². The van der Waals surface area contributed by atoms with Crippen LogP contribution in [0.5, 0.6) is 0 Å². The van der Waals surface area contributed by atoms with Gasteiger partial charge in [0.25, 0.3) is 0 Å². The molecule has 0 unspecified atom stereocenters. The van der Waals surface area contributed by atoms with Gasteiger partial charge in [-0.25, -0.2) is 15.0 Å². The van der Waals surface area contributed by atoms with Crippen molar-refractivity contribution in [2.75, 3.05) is 0 Å². The molecule has 0 saturated heterocycles. The molecule has 10 aromatic carbocycles. The van der Waals surface area contributed by atoms with Gasteiger partial charge in [0.1, 0.15) is 11.2 Å². The fourth-order valence-corrected chi connectivity index (χ4v) is 12.9. The Morgan fingerprint density at radius 2 is 0.870 bits per heavy atom. The number of nitrogens with zero attached hydrogens (tertiary/aromatic N) is 3. The van der Waals surface area contributed by atoms with E-state index in [0.29, 0.717) is 17.5 Å². The second kappa shape index (κ2) is 14.6. The van der Waals surface area contributed by atoms with E-state index in [1.165, 1.54) is 65.5 Å². The number of hydrogen-bond donors (Lipinski definition) is 0. The van der Waals surface area contributed by atoms with Crippen molar-refractivity contribution in [1.82, 2.24) is 15.0 Å². The zero-order chi connectivity index (χ0) is 45.2. The van der Waals surface area contributed by atoms with E-state index in [9.17, 15) is 0 Å². The molecule has 0 aliphatic heterocycles. The number of hydrogen-bond acceptors (Lipinski definition) is 5. The fourth-order valence-electron chi connectivity index (χ4n) is 11.7. The molecule has 3 aromatic heterocycles. The predicted octanol–water partition coefficient (Wildman–Crippen LogP) is 16.8. The lowest BCUT2D eigenvalue weighted by molar-refractivity contribution is 0.669. The highest BCUT2D eigenvalue weighted by atomic mass is 32.1. The molecule has 2 aliphatic rings. The minimum atomic E-state index is -0.426. The quantitative estimate of drug-likeness (QED) is 0.173. The van der Waals surface area contributed by atoms with E-state index < -0.39 is 5.41 Å². The molecular weight excluding hydrogens is 859 g/mol. The maximum atomic E-state index is 6.72. The Kier molecular flexibility index (Phi) is 8.12. The van der Waals surface area contributed by atoms with E-state index in [0.717, 1.165) is 60.0 Å². The Balaban J connectivity index is 0.937. The summed E-state index contributed by atoms with van der Waals surface area (Å²) in [4.78, 5) is 16.0. The Bertz CT molecular complexity index is 4220. The van der Waals surface area contributed by atoms with Gasteiger partial charge < -0.3 is 4.42 Å². The highest BCUT2D eigenvalue weighted by Gasteiger charge is 2.52. The van der Waals surface area contributed by atoms with Crippen molar-refractivity contribution in [2.45, 2.75) is 5.41 Å². The molecule has 320 valence electrons. The Morgan fingerprint density at radius 1 is 0.333 bits per heavy atom. The molecule has 0 bridgehead atoms. The Hall–Kier alpha value is -8.77. The van der Waals surface area contributed by atoms with Gasteiger partial charge in [0.15, 0.2) is 17.5 Å². The lowest BCUT2D eigenvalue weighted by Crippen LogP contribution is -2.25. The van der Waals surface area contributed by atoms with Crippen LogP contribution in [-0.2, 0) is 5.41 Å². The van der Waals surface area contributed by atoms with Crippen molar-refractivity contribution in [2.24, 2.45) is 0 Å². The van der Waals surface area contributed by atoms with Crippen LogP contribution >= 0.6 is 11.3 Å². The van der Waals surface area contributed by atoms with Crippen LogP contribution < -0.4 is 0 Å². The summed E-state index contributed by atoms with van der Waals surface area (Å²) in [5.41, 5.74) is 19.0. The van der Waals surface area contributed by atoms with E-state index in [1.807, 2.05) is 12.1 Å². The van der Waals surface area contributed by atoms with Crippen LogP contribution in [0.25, 0.3) is 121 Å². The standard InChI is InChI=1S/C64H37N3OS/c1-2-15-38(16-3-1)39-31-33-40(34-32-39)61-65-62(67-63(66-61)49-24-12-22-46-45-19-7-11-30-57(45)69-60(46)49)48-23-14-29-56-59(48)50-37-41(35-36-55(50)68-56)42-21-13-28-54-58(42)47-20-6-10-27-53(47)64(54)51-25-8-4-17-43(51)44-18-5-9-26-52(44)64/h1-37H. The van der Waals surface area contributed by atoms with Crippen LogP contribution in [0.4, 0.5) is 0 Å². The normalized spacial score (nSPS) is 13.0. The average molecular weight is 896 g/mol. The summed E-state index contributed by atoms with van der Waals surface area (Å²) in [5, 5.41) is 4.41. The minimum Gasteiger partial charge on any atom is -0.456 e. The van der Waals surface area contributed by atoms with Gasteiger partial charge in [-0.1, -0.05) is 194 Å². The summed E-state index contributed by atoms with van der Waals surface area (Å²) in [7, 11) is 0. The van der Waals surface area contributed by atoms with Crippen molar-refractivity contribution >= 4 is 53.4 Å². The van der Waals surface area contributed by atoms with Crippen LogP contribution in [0.3, 0.4) is 0 Å². The van der Waals surface area contributed by atoms with Gasteiger partial charge in [0, 0.05) is 47.6 Å². The largest absolute Gasteiger partial charge is 0.456 e. The number of benzene rings is 10.